The molecule has 1 atom stereocenters. The Morgan fingerprint density at radius 1 is 1.23 bits per heavy atom. The molecule has 1 aromatic carbocycles. The molecule has 6 heteroatoms. The monoisotopic (exact) mass is 300 g/mol. The first kappa shape index (κ1) is 16.0. The summed E-state index contributed by atoms with van der Waals surface area (Å²) in [7, 11) is 1.77. The van der Waals surface area contributed by atoms with E-state index in [4.69, 9.17) is 0 Å². The van der Waals surface area contributed by atoms with Crippen molar-refractivity contribution in [2.24, 2.45) is 10.9 Å². The van der Waals surface area contributed by atoms with E-state index in [1.165, 1.54) is 0 Å². The molecule has 1 unspecified atom stereocenters. The van der Waals surface area contributed by atoms with Crippen molar-refractivity contribution in [1.29, 1.82) is 0 Å². The summed E-state index contributed by atoms with van der Waals surface area (Å²) in [6.07, 6.45) is 1.72. The molecule has 2 rings (SSSR count). The van der Waals surface area contributed by atoms with Crippen molar-refractivity contribution in [3.8, 4) is 5.69 Å². The molecule has 2 N–H and O–H groups in total. The minimum Gasteiger partial charge on any atom is -0.354 e. The molecular weight excluding hydrogens is 276 g/mol. The van der Waals surface area contributed by atoms with Crippen molar-refractivity contribution in [1.82, 2.24) is 25.4 Å². The quantitative estimate of drug-likeness (QED) is 0.654. The van der Waals surface area contributed by atoms with Gasteiger partial charge in [-0.3, -0.25) is 9.56 Å². The van der Waals surface area contributed by atoms with E-state index in [0.717, 1.165) is 17.5 Å². The maximum Gasteiger partial charge on any atom is 0.191 e. The summed E-state index contributed by atoms with van der Waals surface area (Å²) in [6, 6.07) is 10.4. The Labute approximate surface area is 131 Å². The molecule has 0 saturated carbocycles. The lowest BCUT2D eigenvalue weighted by molar-refractivity contribution is 0.480. The Morgan fingerprint density at radius 2 is 1.95 bits per heavy atom. The van der Waals surface area contributed by atoms with Crippen molar-refractivity contribution < 1.29 is 0 Å². The number of rotatable bonds is 5. The fourth-order valence-electron chi connectivity index (χ4n) is 1.92. The molecule has 118 valence electrons. The van der Waals surface area contributed by atoms with Gasteiger partial charge in [-0.25, -0.2) is 0 Å². The lowest BCUT2D eigenvalue weighted by atomic mass is 10.1. The van der Waals surface area contributed by atoms with Gasteiger partial charge in [-0.05, 0) is 25.0 Å². The predicted molar refractivity (Wildman–Crippen MR) is 89.0 cm³/mol. The van der Waals surface area contributed by atoms with E-state index in [-0.39, 0.29) is 0 Å². The molecule has 1 aromatic heterocycles. The fourth-order valence-corrected chi connectivity index (χ4v) is 1.92. The Balaban J connectivity index is 2.02. The van der Waals surface area contributed by atoms with Gasteiger partial charge in [-0.1, -0.05) is 32.0 Å². The summed E-state index contributed by atoms with van der Waals surface area (Å²) in [6.45, 7) is 7.05. The minimum absolute atomic E-state index is 0.346. The van der Waals surface area contributed by atoms with Crippen molar-refractivity contribution in [3.63, 3.8) is 0 Å². The normalized spacial score (nSPS) is 13.2. The van der Waals surface area contributed by atoms with E-state index >= 15 is 0 Å². The Kier molecular flexibility index (Phi) is 5.52. The molecule has 0 fully saturated rings. The zero-order chi connectivity index (χ0) is 15.9. The number of nitrogens with one attached hydrogen (secondary N) is 2. The van der Waals surface area contributed by atoms with Crippen LogP contribution in [0.4, 0.5) is 0 Å². The average molecular weight is 300 g/mol. The van der Waals surface area contributed by atoms with Crippen molar-refractivity contribution >= 4 is 5.96 Å². The molecule has 0 saturated heterocycles. The maximum atomic E-state index is 4.25. The Hall–Kier alpha value is -2.37. The highest BCUT2D eigenvalue weighted by atomic mass is 15.3. The van der Waals surface area contributed by atoms with Crippen LogP contribution in [0.5, 0.6) is 0 Å². The number of hydrogen-bond acceptors (Lipinski definition) is 3. The van der Waals surface area contributed by atoms with Gasteiger partial charge in [0.1, 0.15) is 6.33 Å². The average Bonchev–Trinajstić information content (AvgIpc) is 3.00. The molecule has 0 bridgehead atoms. The third kappa shape index (κ3) is 4.07. The van der Waals surface area contributed by atoms with Crippen LogP contribution in [0.2, 0.25) is 0 Å². The van der Waals surface area contributed by atoms with Gasteiger partial charge >= 0.3 is 0 Å². The molecule has 0 spiro atoms. The molecule has 1 heterocycles. The highest BCUT2D eigenvalue weighted by Gasteiger charge is 2.10. The number of para-hydroxylation sites is 1. The van der Waals surface area contributed by atoms with Crippen LogP contribution in [0, 0.1) is 5.92 Å². The number of aromatic nitrogens is 3. The van der Waals surface area contributed by atoms with E-state index in [1.807, 2.05) is 34.9 Å². The Bertz CT molecular complexity index is 602. The summed E-state index contributed by atoms with van der Waals surface area (Å²) in [4.78, 5) is 4.25. The SMILES string of the molecule is CN=C(NCc1nncn1-c1ccccc1)NC(C)C(C)C. The standard InChI is InChI=1S/C16H24N6/c1-12(2)13(3)20-16(17-4)18-10-15-21-19-11-22(15)14-8-6-5-7-9-14/h5-9,11-13H,10H2,1-4H3,(H2,17,18,20). The highest BCUT2D eigenvalue weighted by Crippen LogP contribution is 2.08. The van der Waals surface area contributed by atoms with E-state index in [1.54, 1.807) is 13.4 Å². The first-order valence-electron chi connectivity index (χ1n) is 7.53. The second-order valence-corrected chi connectivity index (χ2v) is 5.56. The van der Waals surface area contributed by atoms with Gasteiger partial charge in [0.05, 0.1) is 6.54 Å². The molecule has 0 radical (unpaired) electrons. The fraction of sp³-hybridized carbons (Fsp3) is 0.438. The largest absolute Gasteiger partial charge is 0.354 e. The van der Waals surface area contributed by atoms with Crippen molar-refractivity contribution in [2.75, 3.05) is 7.05 Å². The Morgan fingerprint density at radius 3 is 2.59 bits per heavy atom. The topological polar surface area (TPSA) is 67.1 Å². The van der Waals surface area contributed by atoms with Crippen LogP contribution in [-0.2, 0) is 6.54 Å². The van der Waals surface area contributed by atoms with Gasteiger partial charge in [0.2, 0.25) is 0 Å². The van der Waals surface area contributed by atoms with Gasteiger partial charge in [0.15, 0.2) is 11.8 Å². The van der Waals surface area contributed by atoms with Gasteiger partial charge in [0, 0.05) is 18.8 Å². The third-order valence-corrected chi connectivity index (χ3v) is 3.65. The van der Waals surface area contributed by atoms with Crippen LogP contribution in [0.25, 0.3) is 5.69 Å². The second kappa shape index (κ2) is 7.59. The molecule has 0 amide bonds. The van der Waals surface area contributed by atoms with Crippen LogP contribution in [0.1, 0.15) is 26.6 Å². The first-order chi connectivity index (χ1) is 10.6. The minimum atomic E-state index is 0.346. The predicted octanol–water partition coefficient (Wildman–Crippen LogP) is 1.98. The maximum absolute atomic E-state index is 4.25. The molecule has 6 nitrogen and oxygen atoms in total. The molecule has 2 aromatic rings. The van der Waals surface area contributed by atoms with E-state index < -0.39 is 0 Å². The zero-order valence-corrected chi connectivity index (χ0v) is 13.6. The van der Waals surface area contributed by atoms with E-state index in [2.05, 4.69) is 46.6 Å². The van der Waals surface area contributed by atoms with Gasteiger partial charge in [0.25, 0.3) is 0 Å². The summed E-state index contributed by atoms with van der Waals surface area (Å²) >= 11 is 0. The lowest BCUT2D eigenvalue weighted by Gasteiger charge is -2.20. The van der Waals surface area contributed by atoms with Gasteiger partial charge in [-0.2, -0.15) is 0 Å². The molecule has 22 heavy (non-hydrogen) atoms. The first-order valence-corrected chi connectivity index (χ1v) is 7.53. The third-order valence-electron chi connectivity index (χ3n) is 3.65. The zero-order valence-electron chi connectivity index (χ0n) is 13.6. The van der Waals surface area contributed by atoms with E-state index in [0.29, 0.717) is 18.5 Å². The van der Waals surface area contributed by atoms with Crippen LogP contribution in [-0.4, -0.2) is 33.8 Å². The number of guanidine groups is 1. The van der Waals surface area contributed by atoms with Crippen molar-refractivity contribution in [3.05, 3.63) is 42.5 Å². The second-order valence-electron chi connectivity index (χ2n) is 5.56. The van der Waals surface area contributed by atoms with Crippen LogP contribution >= 0.6 is 0 Å². The molecular formula is C16H24N6. The summed E-state index contributed by atoms with van der Waals surface area (Å²) in [5.41, 5.74) is 1.04. The smallest absolute Gasteiger partial charge is 0.191 e. The van der Waals surface area contributed by atoms with Gasteiger partial charge in [-0.15, -0.1) is 10.2 Å². The summed E-state index contributed by atoms with van der Waals surface area (Å²) in [5.74, 6) is 2.14. The molecule has 0 aliphatic heterocycles. The highest BCUT2D eigenvalue weighted by molar-refractivity contribution is 5.79. The van der Waals surface area contributed by atoms with Gasteiger partial charge < -0.3 is 10.6 Å². The number of benzene rings is 1. The lowest BCUT2D eigenvalue weighted by Crippen LogP contribution is -2.44. The molecule has 0 aliphatic carbocycles. The van der Waals surface area contributed by atoms with Crippen LogP contribution < -0.4 is 10.6 Å². The summed E-state index contributed by atoms with van der Waals surface area (Å²) < 4.78 is 1.96. The van der Waals surface area contributed by atoms with Crippen molar-refractivity contribution in [2.45, 2.75) is 33.4 Å². The van der Waals surface area contributed by atoms with Crippen LogP contribution in [0.15, 0.2) is 41.7 Å². The number of hydrogen-bond donors (Lipinski definition) is 2. The van der Waals surface area contributed by atoms with E-state index in [9.17, 15) is 0 Å². The number of aliphatic imine (C=N–C) groups is 1. The van der Waals surface area contributed by atoms with Crippen LogP contribution in [0.3, 0.4) is 0 Å². The molecule has 0 aliphatic rings. The number of nitrogens with zero attached hydrogens (tertiary/aromatic N) is 4. The summed E-state index contributed by atoms with van der Waals surface area (Å²) in [5, 5.41) is 14.8.